The Kier molecular flexibility index (Phi) is 6.63. The molecule has 4 rings (SSSR count). The van der Waals surface area contributed by atoms with Crippen LogP contribution in [0.2, 0.25) is 0 Å². The standard InChI is InChI=1S/C23H24N6O4/c1-15-26-20(14-33-15)23(32)27-18-7-8-19-17(11-18)12-29(28-19)13-21(30)24-9-10-25-22(31)16-5-3-2-4-6-16/h3,5-8,11-12,14H,2,4,9-10,13H2,1H3,(H,24,30)(H,25,31)(H,27,32). The molecule has 3 N–H and O–H groups in total. The van der Waals surface area contributed by atoms with Gasteiger partial charge in [0.2, 0.25) is 5.91 Å². The second-order valence-electron chi connectivity index (χ2n) is 7.55. The third-order valence-corrected chi connectivity index (χ3v) is 4.96. The van der Waals surface area contributed by atoms with Crippen LogP contribution in [-0.4, -0.2) is 45.6 Å². The number of aryl methyl sites for hydroxylation is 1. The van der Waals surface area contributed by atoms with E-state index in [-0.39, 0.29) is 30.0 Å². The molecule has 3 amide bonds. The van der Waals surface area contributed by atoms with E-state index in [9.17, 15) is 14.4 Å². The van der Waals surface area contributed by atoms with Crippen molar-refractivity contribution in [2.75, 3.05) is 18.4 Å². The molecule has 3 aromatic rings. The lowest BCUT2D eigenvalue weighted by atomic mass is 10.1. The lowest BCUT2D eigenvalue weighted by molar-refractivity contribution is -0.122. The second kappa shape index (κ2) is 9.94. The maximum Gasteiger partial charge on any atom is 0.277 e. The summed E-state index contributed by atoms with van der Waals surface area (Å²) in [7, 11) is 0. The van der Waals surface area contributed by atoms with Crippen LogP contribution in [0.1, 0.15) is 29.2 Å². The molecule has 1 aliphatic carbocycles. The zero-order valence-electron chi connectivity index (χ0n) is 18.1. The quantitative estimate of drug-likeness (QED) is 0.452. The summed E-state index contributed by atoms with van der Waals surface area (Å²) in [5.74, 6) is -0.318. The molecule has 0 bridgehead atoms. The lowest BCUT2D eigenvalue weighted by Gasteiger charge is -2.09. The SMILES string of the molecule is Cc1nc(C(=O)Nc2ccc3nn(CC(=O)NCCNC(=O)C4=CCCC=C4)cc3c2)co1. The summed E-state index contributed by atoms with van der Waals surface area (Å²) in [4.78, 5) is 40.5. The van der Waals surface area contributed by atoms with Crippen LogP contribution in [0.5, 0.6) is 0 Å². The van der Waals surface area contributed by atoms with Gasteiger partial charge in [0.1, 0.15) is 12.8 Å². The minimum Gasteiger partial charge on any atom is -0.448 e. The van der Waals surface area contributed by atoms with Crippen molar-refractivity contribution in [3.63, 3.8) is 0 Å². The van der Waals surface area contributed by atoms with Gasteiger partial charge in [-0.1, -0.05) is 18.2 Å². The number of oxazole rings is 1. The smallest absolute Gasteiger partial charge is 0.277 e. The second-order valence-corrected chi connectivity index (χ2v) is 7.55. The molecule has 10 nitrogen and oxygen atoms in total. The highest BCUT2D eigenvalue weighted by atomic mass is 16.3. The van der Waals surface area contributed by atoms with Crippen LogP contribution in [0.15, 0.2) is 58.9 Å². The van der Waals surface area contributed by atoms with Gasteiger partial charge < -0.3 is 20.4 Å². The molecule has 10 heteroatoms. The Bertz CT molecular complexity index is 1250. The van der Waals surface area contributed by atoms with E-state index in [4.69, 9.17) is 4.42 Å². The Hall–Kier alpha value is -4.21. The zero-order chi connectivity index (χ0) is 23.2. The van der Waals surface area contributed by atoms with Gasteiger partial charge in [-0.3, -0.25) is 19.1 Å². The molecular weight excluding hydrogens is 424 g/mol. The Balaban J connectivity index is 1.26. The highest BCUT2D eigenvalue weighted by Crippen LogP contribution is 2.19. The van der Waals surface area contributed by atoms with E-state index >= 15 is 0 Å². The Morgan fingerprint density at radius 2 is 1.97 bits per heavy atom. The lowest BCUT2D eigenvalue weighted by Crippen LogP contribution is -2.36. The van der Waals surface area contributed by atoms with E-state index in [0.29, 0.717) is 35.8 Å². The van der Waals surface area contributed by atoms with Crippen LogP contribution in [0.4, 0.5) is 5.69 Å². The summed E-state index contributed by atoms with van der Waals surface area (Å²) < 4.78 is 6.59. The highest BCUT2D eigenvalue weighted by molar-refractivity contribution is 6.03. The maximum absolute atomic E-state index is 12.2. The Morgan fingerprint density at radius 1 is 1.12 bits per heavy atom. The van der Waals surface area contributed by atoms with Crippen LogP contribution in [0.25, 0.3) is 10.9 Å². The largest absolute Gasteiger partial charge is 0.448 e. The fourth-order valence-corrected chi connectivity index (χ4v) is 3.36. The molecule has 2 aromatic heterocycles. The van der Waals surface area contributed by atoms with Crippen LogP contribution < -0.4 is 16.0 Å². The molecule has 0 saturated heterocycles. The molecule has 170 valence electrons. The molecule has 2 heterocycles. The highest BCUT2D eigenvalue weighted by Gasteiger charge is 2.12. The fourth-order valence-electron chi connectivity index (χ4n) is 3.36. The van der Waals surface area contributed by atoms with Gasteiger partial charge in [0.25, 0.3) is 11.8 Å². The Labute approximate surface area is 189 Å². The molecular formula is C23H24N6O4. The van der Waals surface area contributed by atoms with Crippen molar-refractivity contribution >= 4 is 34.3 Å². The first-order chi connectivity index (χ1) is 16.0. The number of anilines is 1. The van der Waals surface area contributed by atoms with E-state index in [2.05, 4.69) is 26.0 Å². The topological polar surface area (TPSA) is 131 Å². The monoisotopic (exact) mass is 448 g/mol. The summed E-state index contributed by atoms with van der Waals surface area (Å²) >= 11 is 0. The van der Waals surface area contributed by atoms with Gasteiger partial charge in [-0.2, -0.15) is 5.10 Å². The normalized spacial score (nSPS) is 12.9. The van der Waals surface area contributed by atoms with E-state index in [1.54, 1.807) is 31.3 Å². The third kappa shape index (κ3) is 5.73. The minimum atomic E-state index is -0.374. The fraction of sp³-hybridized carbons (Fsp3) is 0.261. The molecule has 0 saturated carbocycles. The first-order valence-corrected chi connectivity index (χ1v) is 10.6. The van der Waals surface area contributed by atoms with E-state index in [1.807, 2.05) is 18.2 Å². The number of fused-ring (bicyclic) bond motifs is 1. The van der Waals surface area contributed by atoms with Crippen LogP contribution in [0, 0.1) is 6.92 Å². The van der Waals surface area contributed by atoms with Crippen molar-refractivity contribution in [3.8, 4) is 0 Å². The van der Waals surface area contributed by atoms with E-state index in [1.165, 1.54) is 10.9 Å². The molecule has 1 aromatic carbocycles. The summed E-state index contributed by atoms with van der Waals surface area (Å²) in [5.41, 5.74) is 2.13. The summed E-state index contributed by atoms with van der Waals surface area (Å²) in [6.07, 6.45) is 10.5. The van der Waals surface area contributed by atoms with Gasteiger partial charge in [-0.05, 0) is 31.0 Å². The van der Waals surface area contributed by atoms with Gasteiger partial charge in [0, 0.05) is 42.9 Å². The van der Waals surface area contributed by atoms with Crippen LogP contribution in [-0.2, 0) is 16.1 Å². The number of nitrogens with zero attached hydrogens (tertiary/aromatic N) is 3. The molecule has 0 unspecified atom stereocenters. The van der Waals surface area contributed by atoms with Crippen molar-refractivity contribution in [1.82, 2.24) is 25.4 Å². The third-order valence-electron chi connectivity index (χ3n) is 4.96. The molecule has 0 spiro atoms. The molecule has 0 atom stereocenters. The number of benzene rings is 1. The van der Waals surface area contributed by atoms with Crippen LogP contribution >= 0.6 is 0 Å². The Morgan fingerprint density at radius 3 is 2.73 bits per heavy atom. The van der Waals surface area contributed by atoms with Gasteiger partial charge in [-0.25, -0.2) is 4.98 Å². The first-order valence-electron chi connectivity index (χ1n) is 10.6. The maximum atomic E-state index is 12.2. The van der Waals surface area contributed by atoms with Gasteiger partial charge >= 0.3 is 0 Å². The van der Waals surface area contributed by atoms with Gasteiger partial charge in [0.15, 0.2) is 11.6 Å². The number of hydrogen-bond acceptors (Lipinski definition) is 6. The van der Waals surface area contributed by atoms with Crippen molar-refractivity contribution < 1.29 is 18.8 Å². The zero-order valence-corrected chi connectivity index (χ0v) is 18.1. The molecule has 33 heavy (non-hydrogen) atoms. The van der Waals surface area contributed by atoms with E-state index < -0.39 is 0 Å². The van der Waals surface area contributed by atoms with Gasteiger partial charge in [-0.15, -0.1) is 0 Å². The van der Waals surface area contributed by atoms with Crippen molar-refractivity contribution in [3.05, 3.63) is 66.0 Å². The number of carbonyl (C=O) groups excluding carboxylic acids is 3. The molecule has 0 aliphatic heterocycles. The summed E-state index contributed by atoms with van der Waals surface area (Å²) in [6, 6.07) is 5.26. The molecule has 1 aliphatic rings. The number of aromatic nitrogens is 3. The predicted octanol–water partition coefficient (Wildman–Crippen LogP) is 2.09. The minimum absolute atomic E-state index is 0.0381. The number of allylic oxidation sites excluding steroid dienone is 2. The first kappa shape index (κ1) is 22.0. The average Bonchev–Trinajstić information content (AvgIpc) is 3.42. The van der Waals surface area contributed by atoms with Crippen molar-refractivity contribution in [2.45, 2.75) is 26.3 Å². The van der Waals surface area contributed by atoms with E-state index in [0.717, 1.165) is 18.2 Å². The average molecular weight is 448 g/mol. The summed E-state index contributed by atoms with van der Waals surface area (Å²) in [5, 5.41) is 13.5. The molecule has 0 fully saturated rings. The number of carbonyl (C=O) groups is 3. The number of rotatable bonds is 8. The molecule has 0 radical (unpaired) electrons. The summed E-state index contributed by atoms with van der Waals surface area (Å²) in [6.45, 7) is 2.36. The number of hydrogen-bond donors (Lipinski definition) is 3. The number of nitrogens with one attached hydrogen (secondary N) is 3. The van der Waals surface area contributed by atoms with Gasteiger partial charge in [0.05, 0.1) is 5.52 Å². The van der Waals surface area contributed by atoms with Crippen molar-refractivity contribution in [2.24, 2.45) is 0 Å². The van der Waals surface area contributed by atoms with Crippen molar-refractivity contribution in [1.29, 1.82) is 0 Å². The van der Waals surface area contributed by atoms with Crippen LogP contribution in [0.3, 0.4) is 0 Å². The number of amides is 3. The predicted molar refractivity (Wildman–Crippen MR) is 121 cm³/mol.